The second-order valence-electron chi connectivity index (χ2n) is 5.67. The molecule has 0 fully saturated rings. The van der Waals surface area contributed by atoms with Crippen molar-refractivity contribution in [1.82, 2.24) is 4.98 Å². The van der Waals surface area contributed by atoms with Gasteiger partial charge in [-0.1, -0.05) is 32.1 Å². The van der Waals surface area contributed by atoms with E-state index in [4.69, 9.17) is 10.5 Å². The minimum atomic E-state index is -0.444. The van der Waals surface area contributed by atoms with Gasteiger partial charge < -0.3 is 15.8 Å². The molecule has 0 spiro atoms. The second kappa shape index (κ2) is 6.32. The van der Waals surface area contributed by atoms with Crippen molar-refractivity contribution in [3.05, 3.63) is 10.6 Å². The predicted molar refractivity (Wildman–Crippen MR) is 79.0 cm³/mol. The van der Waals surface area contributed by atoms with Gasteiger partial charge in [0.05, 0.1) is 12.8 Å². The van der Waals surface area contributed by atoms with Crippen LogP contribution in [0.5, 0.6) is 0 Å². The lowest BCUT2D eigenvalue weighted by Gasteiger charge is -2.16. The van der Waals surface area contributed by atoms with Crippen LogP contribution in [0.4, 0.5) is 5.13 Å². The molecule has 112 valence electrons. The van der Waals surface area contributed by atoms with E-state index in [9.17, 15) is 9.59 Å². The fraction of sp³-hybridized carbons (Fsp3) is 0.615. The average molecular weight is 299 g/mol. The number of amides is 1. The molecule has 1 rings (SSSR count). The van der Waals surface area contributed by atoms with Gasteiger partial charge >= 0.3 is 5.97 Å². The summed E-state index contributed by atoms with van der Waals surface area (Å²) in [6, 6.07) is -0.225. The topological polar surface area (TPSA) is 94.3 Å². The van der Waals surface area contributed by atoms with Gasteiger partial charge in [-0.3, -0.25) is 4.79 Å². The van der Waals surface area contributed by atoms with E-state index in [1.54, 1.807) is 6.92 Å². The predicted octanol–water partition coefficient (Wildman–Crippen LogP) is 1.90. The first-order chi connectivity index (χ1) is 9.15. The maximum absolute atomic E-state index is 11.8. The van der Waals surface area contributed by atoms with Crippen molar-refractivity contribution in [3.8, 4) is 0 Å². The number of carbonyl (C=O) groups excluding carboxylic acids is 2. The van der Waals surface area contributed by atoms with E-state index in [0.29, 0.717) is 15.7 Å². The molecule has 1 atom stereocenters. The molecule has 7 heteroatoms. The van der Waals surface area contributed by atoms with Crippen molar-refractivity contribution in [2.45, 2.75) is 45.6 Å². The molecule has 1 heterocycles. The van der Waals surface area contributed by atoms with Crippen LogP contribution in [-0.2, 0) is 14.9 Å². The summed E-state index contributed by atoms with van der Waals surface area (Å²) in [4.78, 5) is 28.2. The Hall–Kier alpha value is -1.47. The van der Waals surface area contributed by atoms with Crippen LogP contribution < -0.4 is 11.1 Å². The third-order valence-electron chi connectivity index (χ3n) is 2.46. The lowest BCUT2D eigenvalue weighted by molar-refractivity contribution is -0.116. The third-order valence-corrected chi connectivity index (χ3v) is 3.41. The molecule has 3 N–H and O–H groups in total. The van der Waals surface area contributed by atoms with Gasteiger partial charge in [-0.2, -0.15) is 0 Å². The number of nitrogens with two attached hydrogens (primary N) is 1. The number of nitrogens with one attached hydrogen (secondary N) is 1. The number of esters is 1. The van der Waals surface area contributed by atoms with E-state index in [1.807, 2.05) is 20.8 Å². The van der Waals surface area contributed by atoms with Crippen LogP contribution in [0, 0.1) is 0 Å². The molecular weight excluding hydrogens is 278 g/mol. The van der Waals surface area contributed by atoms with Crippen molar-refractivity contribution in [2.24, 2.45) is 5.73 Å². The standard InChI is InChI=1S/C13H21N3O3S/c1-7(14)6-8(17)15-12-16-10(13(2,3)4)9(20-12)11(18)19-5/h7H,6,14H2,1-5H3,(H,15,16,17). The van der Waals surface area contributed by atoms with Crippen LogP contribution in [-0.4, -0.2) is 30.0 Å². The summed E-state index contributed by atoms with van der Waals surface area (Å²) in [6.45, 7) is 7.59. The lowest BCUT2D eigenvalue weighted by atomic mass is 9.91. The van der Waals surface area contributed by atoms with Crippen LogP contribution >= 0.6 is 11.3 Å². The summed E-state index contributed by atoms with van der Waals surface area (Å²) >= 11 is 1.12. The number of thiazole rings is 1. The summed E-state index contributed by atoms with van der Waals surface area (Å²) in [5.41, 5.74) is 5.87. The number of hydrogen-bond acceptors (Lipinski definition) is 6. The molecule has 1 amide bonds. The molecule has 0 saturated carbocycles. The molecule has 0 saturated heterocycles. The quantitative estimate of drug-likeness (QED) is 0.828. The number of hydrogen-bond donors (Lipinski definition) is 2. The van der Waals surface area contributed by atoms with Crippen LogP contribution in [0.3, 0.4) is 0 Å². The number of nitrogens with zero attached hydrogens (tertiary/aromatic N) is 1. The van der Waals surface area contributed by atoms with Gasteiger partial charge in [-0.15, -0.1) is 0 Å². The molecule has 0 aromatic carbocycles. The minimum Gasteiger partial charge on any atom is -0.465 e. The lowest BCUT2D eigenvalue weighted by Crippen LogP contribution is -2.24. The zero-order chi connectivity index (χ0) is 15.5. The van der Waals surface area contributed by atoms with Gasteiger partial charge in [-0.25, -0.2) is 9.78 Å². The van der Waals surface area contributed by atoms with Crippen molar-refractivity contribution in [2.75, 3.05) is 12.4 Å². The van der Waals surface area contributed by atoms with Crippen molar-refractivity contribution < 1.29 is 14.3 Å². The zero-order valence-electron chi connectivity index (χ0n) is 12.4. The van der Waals surface area contributed by atoms with Crippen LogP contribution in [0.25, 0.3) is 0 Å². The number of aromatic nitrogens is 1. The molecule has 1 aromatic heterocycles. The Morgan fingerprint density at radius 3 is 2.50 bits per heavy atom. The van der Waals surface area contributed by atoms with Gasteiger partial charge in [0.2, 0.25) is 5.91 Å². The molecule has 0 bridgehead atoms. The first kappa shape index (κ1) is 16.6. The molecule has 0 aliphatic heterocycles. The van der Waals surface area contributed by atoms with Gasteiger partial charge in [0, 0.05) is 17.9 Å². The van der Waals surface area contributed by atoms with Crippen LogP contribution in [0.15, 0.2) is 0 Å². The SMILES string of the molecule is COC(=O)c1sc(NC(=O)CC(C)N)nc1C(C)(C)C. The van der Waals surface area contributed by atoms with Crippen molar-refractivity contribution >= 4 is 28.3 Å². The number of carbonyl (C=O) groups is 2. The maximum Gasteiger partial charge on any atom is 0.350 e. The summed E-state index contributed by atoms with van der Waals surface area (Å²) in [5, 5.41) is 3.06. The molecular formula is C13H21N3O3S. The van der Waals surface area contributed by atoms with E-state index < -0.39 is 5.97 Å². The molecule has 20 heavy (non-hydrogen) atoms. The van der Waals surface area contributed by atoms with E-state index in [0.717, 1.165) is 11.3 Å². The normalized spacial score (nSPS) is 12.9. The highest BCUT2D eigenvalue weighted by Crippen LogP contribution is 2.32. The number of methoxy groups -OCH3 is 1. The van der Waals surface area contributed by atoms with E-state index in [2.05, 4.69) is 10.3 Å². The minimum absolute atomic E-state index is 0.206. The Labute approximate surface area is 122 Å². The van der Waals surface area contributed by atoms with Gasteiger partial charge in [0.15, 0.2) is 5.13 Å². The number of rotatable bonds is 4. The molecule has 0 aliphatic rings. The van der Waals surface area contributed by atoms with E-state index in [-0.39, 0.29) is 23.8 Å². The number of anilines is 1. The van der Waals surface area contributed by atoms with E-state index >= 15 is 0 Å². The molecule has 1 unspecified atom stereocenters. The zero-order valence-corrected chi connectivity index (χ0v) is 13.3. The summed E-state index contributed by atoms with van der Waals surface area (Å²) in [7, 11) is 1.32. The van der Waals surface area contributed by atoms with Crippen molar-refractivity contribution in [3.63, 3.8) is 0 Å². The smallest absolute Gasteiger partial charge is 0.350 e. The van der Waals surface area contributed by atoms with Gasteiger partial charge in [0.25, 0.3) is 0 Å². The Balaban J connectivity index is 3.03. The number of ether oxygens (including phenoxy) is 1. The molecule has 6 nitrogen and oxygen atoms in total. The van der Waals surface area contributed by atoms with Gasteiger partial charge in [-0.05, 0) is 6.92 Å². The monoisotopic (exact) mass is 299 g/mol. The second-order valence-corrected chi connectivity index (χ2v) is 6.67. The Morgan fingerprint density at radius 2 is 2.05 bits per heavy atom. The summed E-state index contributed by atoms with van der Waals surface area (Å²) in [6.07, 6.45) is 0.206. The maximum atomic E-state index is 11.8. The van der Waals surface area contributed by atoms with Crippen molar-refractivity contribution in [1.29, 1.82) is 0 Å². The van der Waals surface area contributed by atoms with E-state index in [1.165, 1.54) is 7.11 Å². The fourth-order valence-corrected chi connectivity index (χ4v) is 2.69. The van der Waals surface area contributed by atoms with Crippen LogP contribution in [0.1, 0.15) is 49.5 Å². The van der Waals surface area contributed by atoms with Crippen LogP contribution in [0.2, 0.25) is 0 Å². The third kappa shape index (κ3) is 4.28. The first-order valence-corrected chi connectivity index (χ1v) is 7.12. The Kier molecular flexibility index (Phi) is 5.24. The fourth-order valence-electron chi connectivity index (χ4n) is 1.58. The highest BCUT2D eigenvalue weighted by molar-refractivity contribution is 7.17. The highest BCUT2D eigenvalue weighted by Gasteiger charge is 2.28. The summed E-state index contributed by atoms with van der Waals surface area (Å²) < 4.78 is 4.75. The molecule has 1 aromatic rings. The largest absolute Gasteiger partial charge is 0.465 e. The average Bonchev–Trinajstić information content (AvgIpc) is 2.70. The highest BCUT2D eigenvalue weighted by atomic mass is 32.1. The summed E-state index contributed by atoms with van der Waals surface area (Å²) in [5.74, 6) is -0.661. The Morgan fingerprint density at radius 1 is 1.45 bits per heavy atom. The molecule has 0 aliphatic carbocycles. The first-order valence-electron chi connectivity index (χ1n) is 6.30. The van der Waals surface area contributed by atoms with Gasteiger partial charge in [0.1, 0.15) is 4.88 Å². The molecule has 0 radical (unpaired) electrons. The Bertz CT molecular complexity index is 503.